The normalized spacial score (nSPS) is 12.8. The van der Waals surface area contributed by atoms with E-state index in [1.165, 1.54) is 45.8 Å². The highest BCUT2D eigenvalue weighted by atomic mass is 33.1. The molecule has 14 nitrogen and oxygen atoms in total. The summed E-state index contributed by atoms with van der Waals surface area (Å²) in [4.78, 5) is -0.412. The van der Waals surface area contributed by atoms with Crippen LogP contribution in [-0.2, 0) is 10.1 Å². The van der Waals surface area contributed by atoms with E-state index in [4.69, 9.17) is 0 Å². The van der Waals surface area contributed by atoms with Gasteiger partial charge in [0.2, 0.25) is 10.3 Å². The molecule has 0 aliphatic heterocycles. The van der Waals surface area contributed by atoms with E-state index in [-0.39, 0.29) is 20.1 Å². The van der Waals surface area contributed by atoms with Crippen molar-refractivity contribution in [3.63, 3.8) is 0 Å². The second-order valence-electron chi connectivity index (χ2n) is 5.90. The van der Waals surface area contributed by atoms with E-state index < -0.39 is 21.0 Å². The van der Waals surface area contributed by atoms with Gasteiger partial charge in [0.15, 0.2) is 0 Å². The molecule has 0 radical (unpaired) electrons. The summed E-state index contributed by atoms with van der Waals surface area (Å²) in [6.45, 7) is 0. The SMILES string of the molecule is O=S(=O)(O)c1cccc(-n2nnnc2SSc2nnnn2-c2cccc(S(O)(O)O)c2)c1. The Balaban J connectivity index is 1.58. The van der Waals surface area contributed by atoms with Crippen molar-refractivity contribution in [1.82, 2.24) is 40.4 Å². The number of rotatable bonds is 7. The fourth-order valence-corrected chi connectivity index (χ4v) is 5.27. The van der Waals surface area contributed by atoms with Gasteiger partial charge in [-0.15, -0.1) is 10.2 Å². The molecule has 0 saturated carbocycles. The van der Waals surface area contributed by atoms with Gasteiger partial charge in [0.25, 0.3) is 10.1 Å². The molecule has 168 valence electrons. The van der Waals surface area contributed by atoms with E-state index in [1.807, 2.05) is 0 Å². The van der Waals surface area contributed by atoms with Crippen molar-refractivity contribution < 1.29 is 26.6 Å². The Bertz CT molecular complexity index is 1370. The highest BCUT2D eigenvalue weighted by Crippen LogP contribution is 2.44. The van der Waals surface area contributed by atoms with Crippen molar-refractivity contribution in [3.05, 3.63) is 48.5 Å². The van der Waals surface area contributed by atoms with Crippen LogP contribution in [0, 0.1) is 0 Å². The Morgan fingerprint density at radius 3 is 1.66 bits per heavy atom. The Labute approximate surface area is 189 Å². The van der Waals surface area contributed by atoms with Crippen molar-refractivity contribution in [3.8, 4) is 11.4 Å². The first-order chi connectivity index (χ1) is 15.1. The fraction of sp³-hybridized carbons (Fsp3) is 0. The molecule has 0 amide bonds. The average molecular weight is 517 g/mol. The molecule has 4 rings (SSSR count). The first kappa shape index (κ1) is 22.6. The third-order valence-corrected chi connectivity index (χ3v) is 7.58. The standard InChI is InChI=1S/C14H12N8O6S4/c23-31(24,25)11-5-1-3-9(7-11)21-13(15-17-19-21)29-30-14-16-18-20-22(14)10-4-2-6-12(8-10)32(26,27)28/h1-8,23-25H,(H,26,27,28). The number of nitrogens with zero attached hydrogens (tertiary/aromatic N) is 8. The monoisotopic (exact) mass is 516 g/mol. The Hall–Kier alpha value is -2.58. The van der Waals surface area contributed by atoms with Crippen LogP contribution in [0.5, 0.6) is 0 Å². The predicted octanol–water partition coefficient (Wildman–Crippen LogP) is 2.27. The van der Waals surface area contributed by atoms with Crippen LogP contribution in [0.1, 0.15) is 0 Å². The predicted molar refractivity (Wildman–Crippen MR) is 114 cm³/mol. The highest BCUT2D eigenvalue weighted by molar-refractivity contribution is 8.76. The minimum atomic E-state index is -4.40. The zero-order chi connectivity index (χ0) is 22.9. The molecule has 0 unspecified atom stereocenters. The summed E-state index contributed by atoms with van der Waals surface area (Å²) >= 11 is 0. The van der Waals surface area contributed by atoms with E-state index >= 15 is 0 Å². The Morgan fingerprint density at radius 2 is 1.19 bits per heavy atom. The lowest BCUT2D eigenvalue weighted by Gasteiger charge is -2.19. The number of hydrogen-bond acceptors (Lipinski definition) is 13. The molecule has 2 aromatic heterocycles. The lowest BCUT2D eigenvalue weighted by molar-refractivity contribution is 0.376. The topological polar surface area (TPSA) is 202 Å². The lowest BCUT2D eigenvalue weighted by Crippen LogP contribution is -2.03. The number of hydrogen-bond donors (Lipinski definition) is 4. The quantitative estimate of drug-likeness (QED) is 0.206. The van der Waals surface area contributed by atoms with Crippen molar-refractivity contribution in [2.24, 2.45) is 0 Å². The molecule has 0 bridgehead atoms. The first-order valence-electron chi connectivity index (χ1n) is 8.23. The van der Waals surface area contributed by atoms with Gasteiger partial charge in [-0.2, -0.15) is 17.8 Å². The van der Waals surface area contributed by atoms with Crippen molar-refractivity contribution in [2.75, 3.05) is 0 Å². The van der Waals surface area contributed by atoms with E-state index in [2.05, 4.69) is 31.1 Å². The fourth-order valence-electron chi connectivity index (χ4n) is 2.42. The first-order valence-corrected chi connectivity index (χ1v) is 13.3. The summed E-state index contributed by atoms with van der Waals surface area (Å²) in [6.07, 6.45) is 0. The van der Waals surface area contributed by atoms with Gasteiger partial charge in [-0.25, -0.2) is 0 Å². The number of benzene rings is 2. The molecule has 4 N–H and O–H groups in total. The molecule has 0 saturated heterocycles. The largest absolute Gasteiger partial charge is 0.304 e. The van der Waals surface area contributed by atoms with E-state index in [9.17, 15) is 26.6 Å². The molecular formula is C14H12N8O6S4. The zero-order valence-electron chi connectivity index (χ0n) is 15.4. The molecule has 32 heavy (non-hydrogen) atoms. The van der Waals surface area contributed by atoms with Crippen molar-refractivity contribution in [2.45, 2.75) is 20.1 Å². The molecule has 0 aliphatic rings. The maximum Gasteiger partial charge on any atom is 0.294 e. The summed E-state index contributed by atoms with van der Waals surface area (Å²) in [5.41, 5.74) is 0.666. The van der Waals surface area contributed by atoms with Gasteiger partial charge >= 0.3 is 0 Å². The van der Waals surface area contributed by atoms with Crippen molar-refractivity contribution >= 4 is 42.6 Å². The maximum absolute atomic E-state index is 11.4. The van der Waals surface area contributed by atoms with Crippen LogP contribution >= 0.6 is 32.5 Å². The summed E-state index contributed by atoms with van der Waals surface area (Å²) < 4.78 is 63.0. The third kappa shape index (κ3) is 4.91. The van der Waals surface area contributed by atoms with Gasteiger partial charge < -0.3 is 13.7 Å². The minimum absolute atomic E-state index is 0.100. The lowest BCUT2D eigenvalue weighted by atomic mass is 10.3. The molecule has 18 heteroatoms. The van der Waals surface area contributed by atoms with E-state index in [0.29, 0.717) is 11.4 Å². The zero-order valence-corrected chi connectivity index (χ0v) is 18.7. The minimum Gasteiger partial charge on any atom is -0.304 e. The van der Waals surface area contributed by atoms with Crippen molar-refractivity contribution in [1.29, 1.82) is 0 Å². The van der Waals surface area contributed by atoms with Crippen LogP contribution in [0.4, 0.5) is 0 Å². The summed E-state index contributed by atoms with van der Waals surface area (Å²) in [5, 5.41) is 23.2. The molecule has 2 aromatic carbocycles. The third-order valence-electron chi connectivity index (χ3n) is 3.81. The van der Waals surface area contributed by atoms with Crippen LogP contribution in [0.15, 0.2) is 68.6 Å². The molecule has 4 aromatic rings. The molecule has 0 fully saturated rings. The van der Waals surface area contributed by atoms with Gasteiger partial charge in [-0.05, 0) is 78.8 Å². The van der Waals surface area contributed by atoms with E-state index in [0.717, 1.165) is 21.6 Å². The maximum atomic E-state index is 11.4. The highest BCUT2D eigenvalue weighted by Gasteiger charge is 2.19. The van der Waals surface area contributed by atoms with Crippen LogP contribution in [0.2, 0.25) is 0 Å². The summed E-state index contributed by atoms with van der Waals surface area (Å²) in [5.74, 6) is 0. The van der Waals surface area contributed by atoms with Crippen LogP contribution in [-0.4, -0.2) is 67.0 Å². The number of tetrazole rings is 2. The van der Waals surface area contributed by atoms with Gasteiger partial charge in [-0.3, -0.25) is 4.55 Å². The second-order valence-corrected chi connectivity index (χ2v) is 10.9. The second kappa shape index (κ2) is 8.75. The molecule has 2 heterocycles. The molecule has 0 aliphatic carbocycles. The van der Waals surface area contributed by atoms with Gasteiger partial charge in [0.1, 0.15) is 10.9 Å². The van der Waals surface area contributed by atoms with Crippen LogP contribution in [0.3, 0.4) is 0 Å². The Kier molecular flexibility index (Phi) is 6.18. The molecule has 0 atom stereocenters. The number of aromatic nitrogens is 8. The van der Waals surface area contributed by atoms with Crippen LogP contribution in [0.25, 0.3) is 11.4 Å². The Morgan fingerprint density at radius 1 is 0.719 bits per heavy atom. The summed E-state index contributed by atoms with van der Waals surface area (Å²) in [7, 11) is -6.18. The van der Waals surface area contributed by atoms with Gasteiger partial charge in [0, 0.05) is 0 Å². The van der Waals surface area contributed by atoms with Crippen LogP contribution < -0.4 is 0 Å². The van der Waals surface area contributed by atoms with Gasteiger partial charge in [-0.1, -0.05) is 12.1 Å². The van der Waals surface area contributed by atoms with Gasteiger partial charge in [0.05, 0.1) is 21.2 Å². The average Bonchev–Trinajstić information content (AvgIpc) is 3.40. The van der Waals surface area contributed by atoms with E-state index in [1.54, 1.807) is 12.1 Å². The smallest absolute Gasteiger partial charge is 0.294 e. The summed E-state index contributed by atoms with van der Waals surface area (Å²) in [6, 6.07) is 11.2. The molecule has 0 spiro atoms. The molecular weight excluding hydrogens is 504 g/mol.